The zero-order valence-electron chi connectivity index (χ0n) is 11.7. The zero-order chi connectivity index (χ0) is 14.8. The van der Waals surface area contributed by atoms with Crippen LogP contribution in [0.1, 0.15) is 28.8 Å². The molecule has 3 N–H and O–H groups in total. The lowest BCUT2D eigenvalue weighted by Crippen LogP contribution is -2.18. The summed E-state index contributed by atoms with van der Waals surface area (Å²) >= 11 is 0. The lowest BCUT2D eigenvalue weighted by atomic mass is 10.1. The summed E-state index contributed by atoms with van der Waals surface area (Å²) in [6.07, 6.45) is 3.35. The summed E-state index contributed by atoms with van der Waals surface area (Å²) in [4.78, 5) is 13.3. The van der Waals surface area contributed by atoms with E-state index in [4.69, 9.17) is 10.8 Å². The van der Waals surface area contributed by atoms with Crippen molar-refractivity contribution in [2.75, 3.05) is 17.2 Å². The van der Waals surface area contributed by atoms with Gasteiger partial charge in [-0.2, -0.15) is 0 Å². The minimum Gasteiger partial charge on any atom is -0.478 e. The Morgan fingerprint density at radius 3 is 2.71 bits per heavy atom. The summed E-state index contributed by atoms with van der Waals surface area (Å²) in [5.74, 6) is -0.990. The topological polar surface area (TPSA) is 66.6 Å². The largest absolute Gasteiger partial charge is 0.478 e. The van der Waals surface area contributed by atoms with Crippen molar-refractivity contribution < 1.29 is 9.90 Å². The Labute approximate surface area is 123 Å². The van der Waals surface area contributed by atoms with Gasteiger partial charge in [-0.1, -0.05) is 18.2 Å². The summed E-state index contributed by atoms with van der Waals surface area (Å²) in [5.41, 5.74) is 9.81. The molecule has 1 heterocycles. The Balaban J connectivity index is 2.04. The van der Waals surface area contributed by atoms with Gasteiger partial charge in [-0.25, -0.2) is 4.79 Å². The lowest BCUT2D eigenvalue weighted by Gasteiger charge is -2.25. The second-order valence-electron chi connectivity index (χ2n) is 5.31. The highest BCUT2D eigenvalue weighted by Gasteiger charge is 2.18. The fraction of sp³-hybridized carbons (Fsp3) is 0.235. The van der Waals surface area contributed by atoms with Gasteiger partial charge in [0.1, 0.15) is 0 Å². The van der Waals surface area contributed by atoms with Crippen LogP contribution >= 0.6 is 0 Å². The van der Waals surface area contributed by atoms with Crippen molar-refractivity contribution in [3.8, 4) is 0 Å². The molecule has 4 nitrogen and oxygen atoms in total. The van der Waals surface area contributed by atoms with Gasteiger partial charge in [0.25, 0.3) is 0 Å². The van der Waals surface area contributed by atoms with E-state index in [0.717, 1.165) is 31.5 Å². The average molecular weight is 282 g/mol. The maximum absolute atomic E-state index is 11.1. The summed E-state index contributed by atoms with van der Waals surface area (Å²) in [5, 5.41) is 9.08. The third-order valence-electron chi connectivity index (χ3n) is 3.94. The van der Waals surface area contributed by atoms with Crippen LogP contribution in [0.5, 0.6) is 0 Å². The first-order valence-corrected chi connectivity index (χ1v) is 7.15. The maximum atomic E-state index is 11.1. The smallest absolute Gasteiger partial charge is 0.337 e. The third-order valence-corrected chi connectivity index (χ3v) is 3.94. The first-order valence-electron chi connectivity index (χ1n) is 7.15. The molecule has 0 fully saturated rings. The van der Waals surface area contributed by atoms with Crippen LogP contribution in [0.15, 0.2) is 42.5 Å². The number of rotatable bonds is 2. The summed E-state index contributed by atoms with van der Waals surface area (Å²) in [6.45, 7) is 0.920. The molecule has 0 spiro atoms. The minimum atomic E-state index is -0.990. The van der Waals surface area contributed by atoms with Crippen LogP contribution in [0.2, 0.25) is 0 Å². The number of anilines is 3. The first kappa shape index (κ1) is 13.5. The normalized spacial score (nSPS) is 14.4. The van der Waals surface area contributed by atoms with E-state index in [1.165, 1.54) is 11.3 Å². The monoisotopic (exact) mass is 282 g/mol. The zero-order valence-corrected chi connectivity index (χ0v) is 11.7. The molecule has 0 bridgehead atoms. The number of nitrogen functional groups attached to an aromatic ring is 1. The van der Waals surface area contributed by atoms with E-state index >= 15 is 0 Å². The molecule has 0 aromatic heterocycles. The van der Waals surface area contributed by atoms with Gasteiger partial charge in [-0.3, -0.25) is 0 Å². The fourth-order valence-electron chi connectivity index (χ4n) is 2.87. The van der Waals surface area contributed by atoms with Crippen LogP contribution in [0, 0.1) is 0 Å². The number of hydrogen-bond acceptors (Lipinski definition) is 3. The number of fused-ring (bicyclic) bond motifs is 1. The quantitative estimate of drug-likeness (QED) is 0.828. The molecular weight excluding hydrogens is 264 g/mol. The van der Waals surface area contributed by atoms with Gasteiger partial charge in [0.15, 0.2) is 0 Å². The van der Waals surface area contributed by atoms with E-state index in [0.29, 0.717) is 5.69 Å². The molecule has 0 aliphatic carbocycles. The van der Waals surface area contributed by atoms with E-state index in [1.807, 2.05) is 12.1 Å². The molecule has 0 radical (unpaired) electrons. The van der Waals surface area contributed by atoms with E-state index < -0.39 is 5.97 Å². The highest BCUT2D eigenvalue weighted by molar-refractivity contribution is 5.94. The molecular formula is C17H18N2O2. The Hall–Kier alpha value is -2.49. The van der Waals surface area contributed by atoms with Crippen molar-refractivity contribution in [1.29, 1.82) is 0 Å². The molecule has 0 unspecified atom stereocenters. The Morgan fingerprint density at radius 2 is 1.95 bits per heavy atom. The minimum absolute atomic E-state index is 0.154. The Bertz CT molecular complexity index is 682. The van der Waals surface area contributed by atoms with E-state index in [9.17, 15) is 4.79 Å². The number of carboxylic acid groups (broad SMARTS) is 1. The van der Waals surface area contributed by atoms with Crippen LogP contribution in [-0.2, 0) is 6.42 Å². The van der Waals surface area contributed by atoms with Crippen LogP contribution in [0.25, 0.3) is 0 Å². The van der Waals surface area contributed by atoms with Crippen LogP contribution < -0.4 is 10.6 Å². The number of nitrogens with two attached hydrogens (primary N) is 1. The SMILES string of the molecule is Nc1cc(N2CCCCc3ccccc32)ccc1C(=O)O. The van der Waals surface area contributed by atoms with Gasteiger partial charge in [0.2, 0.25) is 0 Å². The van der Waals surface area contributed by atoms with Crippen molar-refractivity contribution in [1.82, 2.24) is 0 Å². The van der Waals surface area contributed by atoms with Gasteiger partial charge in [-0.05, 0) is 49.1 Å². The highest BCUT2D eigenvalue weighted by Crippen LogP contribution is 2.33. The summed E-state index contributed by atoms with van der Waals surface area (Å²) < 4.78 is 0. The van der Waals surface area contributed by atoms with Crippen LogP contribution in [0.4, 0.5) is 17.1 Å². The van der Waals surface area contributed by atoms with Crippen molar-refractivity contribution >= 4 is 23.0 Å². The number of hydrogen-bond donors (Lipinski definition) is 2. The van der Waals surface area contributed by atoms with Crippen molar-refractivity contribution in [2.45, 2.75) is 19.3 Å². The molecule has 0 atom stereocenters. The van der Waals surface area contributed by atoms with Gasteiger partial charge < -0.3 is 15.7 Å². The van der Waals surface area contributed by atoms with Crippen molar-refractivity contribution in [2.24, 2.45) is 0 Å². The molecule has 1 aliphatic rings. The van der Waals surface area contributed by atoms with E-state index in [2.05, 4.69) is 23.1 Å². The molecule has 3 rings (SSSR count). The predicted octanol–water partition coefficient (Wildman–Crippen LogP) is 3.44. The third kappa shape index (κ3) is 2.57. The Kier molecular flexibility index (Phi) is 3.52. The van der Waals surface area contributed by atoms with Crippen molar-refractivity contribution in [3.63, 3.8) is 0 Å². The molecule has 4 heteroatoms. The summed E-state index contributed by atoms with van der Waals surface area (Å²) in [7, 11) is 0. The second kappa shape index (κ2) is 5.48. The molecule has 2 aromatic carbocycles. The molecule has 21 heavy (non-hydrogen) atoms. The first-order chi connectivity index (χ1) is 10.2. The van der Waals surface area contributed by atoms with Crippen LogP contribution in [-0.4, -0.2) is 17.6 Å². The van der Waals surface area contributed by atoms with Gasteiger partial charge in [0, 0.05) is 23.6 Å². The molecule has 0 amide bonds. The van der Waals surface area contributed by atoms with Gasteiger partial charge in [-0.15, -0.1) is 0 Å². The summed E-state index contributed by atoms with van der Waals surface area (Å²) in [6, 6.07) is 13.5. The number of para-hydroxylation sites is 1. The number of carbonyl (C=O) groups is 1. The second-order valence-corrected chi connectivity index (χ2v) is 5.31. The molecule has 108 valence electrons. The van der Waals surface area contributed by atoms with E-state index in [-0.39, 0.29) is 5.56 Å². The average Bonchev–Trinajstić information content (AvgIpc) is 2.69. The highest BCUT2D eigenvalue weighted by atomic mass is 16.4. The number of aryl methyl sites for hydroxylation is 1. The Morgan fingerprint density at radius 1 is 1.14 bits per heavy atom. The number of nitrogens with zero attached hydrogens (tertiary/aromatic N) is 1. The molecule has 1 aliphatic heterocycles. The van der Waals surface area contributed by atoms with Crippen molar-refractivity contribution in [3.05, 3.63) is 53.6 Å². The number of benzene rings is 2. The standard InChI is InChI=1S/C17H18N2O2/c18-15-11-13(8-9-14(15)17(20)21)19-10-4-3-6-12-5-1-2-7-16(12)19/h1-2,5,7-9,11H,3-4,6,10,18H2,(H,20,21). The number of aromatic carboxylic acids is 1. The maximum Gasteiger partial charge on any atom is 0.337 e. The lowest BCUT2D eigenvalue weighted by molar-refractivity contribution is 0.0698. The molecule has 2 aromatic rings. The van der Waals surface area contributed by atoms with Gasteiger partial charge in [0.05, 0.1) is 5.56 Å². The van der Waals surface area contributed by atoms with E-state index in [1.54, 1.807) is 12.1 Å². The predicted molar refractivity (Wildman–Crippen MR) is 84.2 cm³/mol. The molecule has 0 saturated carbocycles. The number of carboxylic acids is 1. The fourth-order valence-corrected chi connectivity index (χ4v) is 2.87. The van der Waals surface area contributed by atoms with Gasteiger partial charge >= 0.3 is 5.97 Å². The molecule has 0 saturated heterocycles. The van der Waals surface area contributed by atoms with Crippen LogP contribution in [0.3, 0.4) is 0 Å².